The van der Waals surface area contributed by atoms with Crippen molar-refractivity contribution in [2.45, 2.75) is 70.9 Å². The highest BCUT2D eigenvalue weighted by Gasteiger charge is 2.35. The van der Waals surface area contributed by atoms with Gasteiger partial charge in [-0.15, -0.1) is 0 Å². The summed E-state index contributed by atoms with van der Waals surface area (Å²) in [6, 6.07) is 0.385. The van der Waals surface area contributed by atoms with E-state index >= 15 is 0 Å². The summed E-state index contributed by atoms with van der Waals surface area (Å²) in [5.74, 6) is 0.716. The van der Waals surface area contributed by atoms with Crippen LogP contribution >= 0.6 is 0 Å². The lowest BCUT2D eigenvalue weighted by molar-refractivity contribution is -0.139. The van der Waals surface area contributed by atoms with Gasteiger partial charge in [0.2, 0.25) is 5.91 Å². The molecule has 3 nitrogen and oxygen atoms in total. The summed E-state index contributed by atoms with van der Waals surface area (Å²) in [4.78, 5) is 14.3. The highest BCUT2D eigenvalue weighted by atomic mass is 16.2. The van der Waals surface area contributed by atoms with E-state index in [0.29, 0.717) is 12.0 Å². The van der Waals surface area contributed by atoms with Gasteiger partial charge in [-0.05, 0) is 32.1 Å². The molecule has 0 aromatic heterocycles. The molecule has 1 aliphatic carbocycles. The van der Waals surface area contributed by atoms with E-state index in [2.05, 4.69) is 13.8 Å². The van der Waals surface area contributed by atoms with E-state index in [1.807, 2.05) is 18.9 Å². The number of carbonyl (C=O) groups excluding carboxylic acids is 1. The van der Waals surface area contributed by atoms with Gasteiger partial charge < -0.3 is 10.6 Å². The quantitative estimate of drug-likeness (QED) is 0.821. The number of hydrogen-bond donors (Lipinski definition) is 1. The van der Waals surface area contributed by atoms with E-state index < -0.39 is 5.54 Å². The van der Waals surface area contributed by atoms with Crippen LogP contribution in [0.1, 0.15) is 59.3 Å². The van der Waals surface area contributed by atoms with Crippen molar-refractivity contribution < 1.29 is 4.79 Å². The molecule has 1 aliphatic rings. The van der Waals surface area contributed by atoms with E-state index in [-0.39, 0.29) is 5.91 Å². The first-order valence-corrected chi connectivity index (χ1v) is 6.96. The molecule has 17 heavy (non-hydrogen) atoms. The Kier molecular flexibility index (Phi) is 4.99. The topological polar surface area (TPSA) is 46.3 Å². The number of nitrogens with zero attached hydrogens (tertiary/aromatic N) is 1. The molecule has 0 aromatic carbocycles. The maximum absolute atomic E-state index is 12.4. The van der Waals surface area contributed by atoms with Crippen LogP contribution in [0.5, 0.6) is 0 Å². The Labute approximate surface area is 106 Å². The monoisotopic (exact) mass is 240 g/mol. The van der Waals surface area contributed by atoms with Crippen LogP contribution in [-0.2, 0) is 4.79 Å². The average Bonchev–Trinajstić information content (AvgIpc) is 2.27. The van der Waals surface area contributed by atoms with Crippen LogP contribution in [0.25, 0.3) is 0 Å². The van der Waals surface area contributed by atoms with Gasteiger partial charge in [-0.2, -0.15) is 0 Å². The molecular formula is C14H28N2O. The molecule has 3 heteroatoms. The average molecular weight is 240 g/mol. The molecular weight excluding hydrogens is 212 g/mol. The number of nitrogens with two attached hydrogens (primary N) is 1. The minimum absolute atomic E-state index is 0.109. The molecule has 100 valence electrons. The molecule has 2 N–H and O–H groups in total. The number of likely N-dealkylation sites (N-methyl/N-ethyl adjacent to an activating group) is 1. The predicted molar refractivity (Wildman–Crippen MR) is 71.7 cm³/mol. The molecule has 0 heterocycles. The fourth-order valence-corrected chi connectivity index (χ4v) is 3.05. The van der Waals surface area contributed by atoms with E-state index in [1.165, 1.54) is 19.3 Å². The Morgan fingerprint density at radius 3 is 2.53 bits per heavy atom. The van der Waals surface area contributed by atoms with Gasteiger partial charge in [-0.1, -0.05) is 33.1 Å². The van der Waals surface area contributed by atoms with Crippen LogP contribution in [0.2, 0.25) is 0 Å². The van der Waals surface area contributed by atoms with Crippen LogP contribution in [0, 0.1) is 5.92 Å². The third kappa shape index (κ3) is 3.44. The van der Waals surface area contributed by atoms with Crippen molar-refractivity contribution in [1.82, 2.24) is 4.90 Å². The van der Waals surface area contributed by atoms with E-state index in [0.717, 1.165) is 19.3 Å². The van der Waals surface area contributed by atoms with Crippen molar-refractivity contribution in [1.29, 1.82) is 0 Å². The van der Waals surface area contributed by atoms with Gasteiger partial charge in [0, 0.05) is 13.1 Å². The largest absolute Gasteiger partial charge is 0.341 e. The van der Waals surface area contributed by atoms with Crippen molar-refractivity contribution in [3.8, 4) is 0 Å². The smallest absolute Gasteiger partial charge is 0.242 e. The third-order valence-electron chi connectivity index (χ3n) is 4.14. The summed E-state index contributed by atoms with van der Waals surface area (Å²) >= 11 is 0. The zero-order valence-electron chi connectivity index (χ0n) is 11.8. The van der Waals surface area contributed by atoms with Crippen LogP contribution in [0.15, 0.2) is 0 Å². The Morgan fingerprint density at radius 1 is 1.41 bits per heavy atom. The molecule has 0 saturated heterocycles. The Morgan fingerprint density at radius 2 is 2.00 bits per heavy atom. The summed E-state index contributed by atoms with van der Waals surface area (Å²) in [5.41, 5.74) is 5.44. The summed E-state index contributed by atoms with van der Waals surface area (Å²) in [7, 11) is 1.93. The highest BCUT2D eigenvalue weighted by molar-refractivity contribution is 5.85. The Bertz CT molecular complexity index is 263. The second kappa shape index (κ2) is 5.85. The van der Waals surface area contributed by atoms with Gasteiger partial charge in [-0.25, -0.2) is 0 Å². The summed E-state index contributed by atoms with van der Waals surface area (Å²) in [5, 5.41) is 0. The van der Waals surface area contributed by atoms with Gasteiger partial charge in [0.1, 0.15) is 0 Å². The summed E-state index contributed by atoms with van der Waals surface area (Å²) in [6.07, 6.45) is 6.61. The zero-order valence-corrected chi connectivity index (χ0v) is 11.8. The lowest BCUT2D eigenvalue weighted by Gasteiger charge is -2.39. The predicted octanol–water partition coefficient (Wildman–Crippen LogP) is 2.54. The van der Waals surface area contributed by atoms with Gasteiger partial charge >= 0.3 is 0 Å². The first kappa shape index (κ1) is 14.5. The van der Waals surface area contributed by atoms with Crippen LogP contribution in [0.4, 0.5) is 0 Å². The van der Waals surface area contributed by atoms with Crippen molar-refractivity contribution in [3.05, 3.63) is 0 Å². The van der Waals surface area contributed by atoms with Crippen LogP contribution < -0.4 is 5.73 Å². The minimum Gasteiger partial charge on any atom is -0.341 e. The summed E-state index contributed by atoms with van der Waals surface area (Å²) < 4.78 is 0. The molecule has 0 bridgehead atoms. The number of carbonyl (C=O) groups is 1. The van der Waals surface area contributed by atoms with Gasteiger partial charge in [0.15, 0.2) is 0 Å². The van der Waals surface area contributed by atoms with Crippen LogP contribution in [-0.4, -0.2) is 29.4 Å². The SMILES string of the molecule is CCCC(C)(N)C(=O)N(C)C1CCCCC1C. The lowest BCUT2D eigenvalue weighted by atomic mass is 9.84. The number of amides is 1. The fraction of sp³-hybridized carbons (Fsp3) is 0.929. The standard InChI is InChI=1S/C14H28N2O/c1-5-10-14(3,15)13(17)16(4)12-9-7-6-8-11(12)2/h11-12H,5-10,15H2,1-4H3. The maximum atomic E-state index is 12.4. The minimum atomic E-state index is -0.694. The molecule has 1 amide bonds. The van der Waals surface area contributed by atoms with Crippen molar-refractivity contribution >= 4 is 5.91 Å². The molecule has 0 radical (unpaired) electrons. The molecule has 1 fully saturated rings. The first-order chi connectivity index (χ1) is 7.90. The summed E-state index contributed by atoms with van der Waals surface area (Å²) in [6.45, 7) is 6.19. The van der Waals surface area contributed by atoms with E-state index in [9.17, 15) is 4.79 Å². The number of rotatable bonds is 4. The first-order valence-electron chi connectivity index (χ1n) is 6.96. The van der Waals surface area contributed by atoms with Gasteiger partial charge in [0.25, 0.3) is 0 Å². The van der Waals surface area contributed by atoms with Gasteiger partial charge in [-0.3, -0.25) is 4.79 Å². The zero-order chi connectivity index (χ0) is 13.1. The molecule has 3 atom stereocenters. The van der Waals surface area contributed by atoms with E-state index in [1.54, 1.807) is 0 Å². The number of hydrogen-bond acceptors (Lipinski definition) is 2. The molecule has 0 spiro atoms. The Balaban J connectivity index is 2.67. The maximum Gasteiger partial charge on any atom is 0.242 e. The molecule has 1 rings (SSSR count). The molecule has 3 unspecified atom stereocenters. The molecule has 1 saturated carbocycles. The molecule has 0 aromatic rings. The van der Waals surface area contributed by atoms with Crippen molar-refractivity contribution in [3.63, 3.8) is 0 Å². The van der Waals surface area contributed by atoms with Crippen molar-refractivity contribution in [2.75, 3.05) is 7.05 Å². The highest BCUT2D eigenvalue weighted by Crippen LogP contribution is 2.28. The second-order valence-electron chi connectivity index (χ2n) is 5.91. The van der Waals surface area contributed by atoms with Crippen LogP contribution in [0.3, 0.4) is 0 Å². The second-order valence-corrected chi connectivity index (χ2v) is 5.91. The Hall–Kier alpha value is -0.570. The normalized spacial score (nSPS) is 28.5. The van der Waals surface area contributed by atoms with Crippen molar-refractivity contribution in [2.24, 2.45) is 11.7 Å². The van der Waals surface area contributed by atoms with Gasteiger partial charge in [0.05, 0.1) is 5.54 Å². The lowest BCUT2D eigenvalue weighted by Crippen LogP contribution is -2.56. The third-order valence-corrected chi connectivity index (χ3v) is 4.14. The molecule has 0 aliphatic heterocycles. The fourth-order valence-electron chi connectivity index (χ4n) is 3.05. The van der Waals surface area contributed by atoms with E-state index in [4.69, 9.17) is 5.73 Å².